The average Bonchev–Trinajstić information content (AvgIpc) is 2.07. The van der Waals surface area contributed by atoms with Crippen LogP contribution >= 0.6 is 0 Å². The van der Waals surface area contributed by atoms with Crippen LogP contribution in [0.1, 0.15) is 0 Å². The summed E-state index contributed by atoms with van der Waals surface area (Å²) in [5.74, 6) is -0.438. The molecule has 1 unspecified atom stereocenters. The van der Waals surface area contributed by atoms with Crippen LogP contribution in [0.25, 0.3) is 0 Å². The van der Waals surface area contributed by atoms with Crippen LogP contribution in [-0.2, 0) is 0 Å². The summed E-state index contributed by atoms with van der Waals surface area (Å²) in [6.07, 6.45) is -8.40. The molecule has 14 heavy (non-hydrogen) atoms. The Bertz CT molecular complexity index is 293. The molecule has 0 saturated carbocycles. The predicted octanol–water partition coefficient (Wildman–Crippen LogP) is 2.63. The largest absolute Gasteiger partial charge is 0.508 e. The maximum absolute atomic E-state index is 12.3. The van der Waals surface area contributed by atoms with E-state index < -0.39 is 12.5 Å². The molecular weight excluding hydrogens is 204 g/mol. The highest BCUT2D eigenvalue weighted by Crippen LogP contribution is 2.26. The SMILES string of the molecule is Oc1ccc(OC(F)C(F)(F)F)cc1. The average molecular weight is 210 g/mol. The Morgan fingerprint density at radius 3 is 2.07 bits per heavy atom. The number of ether oxygens (including phenoxy) is 1. The first-order valence-electron chi connectivity index (χ1n) is 3.56. The van der Waals surface area contributed by atoms with Gasteiger partial charge < -0.3 is 9.84 Å². The number of rotatable bonds is 2. The fraction of sp³-hybridized carbons (Fsp3) is 0.250. The fourth-order valence-electron chi connectivity index (χ4n) is 0.711. The molecule has 78 valence electrons. The van der Waals surface area contributed by atoms with E-state index in [0.717, 1.165) is 24.3 Å². The Kier molecular flexibility index (Phi) is 2.83. The van der Waals surface area contributed by atoms with Crippen molar-refractivity contribution < 1.29 is 27.4 Å². The van der Waals surface area contributed by atoms with Crippen LogP contribution in [0.15, 0.2) is 24.3 Å². The second kappa shape index (κ2) is 3.73. The van der Waals surface area contributed by atoms with Gasteiger partial charge in [-0.2, -0.15) is 17.6 Å². The van der Waals surface area contributed by atoms with Gasteiger partial charge in [-0.25, -0.2) is 0 Å². The molecule has 1 atom stereocenters. The number of benzene rings is 1. The van der Waals surface area contributed by atoms with E-state index >= 15 is 0 Å². The maximum Gasteiger partial charge on any atom is 0.457 e. The van der Waals surface area contributed by atoms with E-state index in [-0.39, 0.29) is 11.5 Å². The van der Waals surface area contributed by atoms with Gasteiger partial charge in [0, 0.05) is 0 Å². The molecule has 0 amide bonds. The van der Waals surface area contributed by atoms with Crippen LogP contribution in [0.3, 0.4) is 0 Å². The first kappa shape index (κ1) is 10.6. The Labute approximate surface area is 76.7 Å². The standard InChI is InChI=1S/C8H6F4O2/c9-7(8(10,11)12)14-6-3-1-5(13)2-4-6/h1-4,7,13H. The van der Waals surface area contributed by atoms with Crippen molar-refractivity contribution in [3.63, 3.8) is 0 Å². The van der Waals surface area contributed by atoms with E-state index in [1.54, 1.807) is 0 Å². The summed E-state index contributed by atoms with van der Waals surface area (Å²) < 4.78 is 51.2. The summed E-state index contributed by atoms with van der Waals surface area (Å²) in [5.41, 5.74) is 0. The zero-order chi connectivity index (χ0) is 10.8. The van der Waals surface area contributed by atoms with Crippen molar-refractivity contribution in [1.29, 1.82) is 0 Å². The van der Waals surface area contributed by atoms with Gasteiger partial charge in [-0.05, 0) is 24.3 Å². The van der Waals surface area contributed by atoms with Gasteiger partial charge in [-0.15, -0.1) is 0 Å². The van der Waals surface area contributed by atoms with Gasteiger partial charge in [0.15, 0.2) is 0 Å². The van der Waals surface area contributed by atoms with Crippen molar-refractivity contribution in [3.05, 3.63) is 24.3 Å². The molecule has 0 fully saturated rings. The lowest BCUT2D eigenvalue weighted by Gasteiger charge is -2.13. The third-order valence-electron chi connectivity index (χ3n) is 1.33. The highest BCUT2D eigenvalue weighted by molar-refractivity contribution is 5.30. The van der Waals surface area contributed by atoms with E-state index in [4.69, 9.17) is 5.11 Å². The van der Waals surface area contributed by atoms with Crippen molar-refractivity contribution in [3.8, 4) is 11.5 Å². The van der Waals surface area contributed by atoms with E-state index in [1.165, 1.54) is 0 Å². The minimum absolute atomic E-state index is 0.139. The predicted molar refractivity (Wildman–Crippen MR) is 39.7 cm³/mol. The second-order valence-electron chi connectivity index (χ2n) is 2.47. The molecule has 0 aromatic heterocycles. The quantitative estimate of drug-likeness (QED) is 0.760. The fourth-order valence-corrected chi connectivity index (χ4v) is 0.711. The Balaban J connectivity index is 2.65. The Morgan fingerprint density at radius 1 is 1.14 bits per heavy atom. The number of phenolic OH excluding ortho intramolecular Hbond substituents is 1. The number of hydrogen-bond donors (Lipinski definition) is 1. The normalized spacial score (nSPS) is 13.7. The number of alkyl halides is 4. The molecule has 0 heterocycles. The molecule has 0 aliphatic heterocycles. The minimum atomic E-state index is -5.04. The highest BCUT2D eigenvalue weighted by Gasteiger charge is 2.42. The number of halogens is 4. The molecule has 0 aliphatic rings. The van der Waals surface area contributed by atoms with Crippen LogP contribution in [0.5, 0.6) is 11.5 Å². The summed E-state index contributed by atoms with van der Waals surface area (Å²) >= 11 is 0. The lowest BCUT2D eigenvalue weighted by molar-refractivity contribution is -0.236. The van der Waals surface area contributed by atoms with Crippen molar-refractivity contribution in [2.75, 3.05) is 0 Å². The van der Waals surface area contributed by atoms with Crippen LogP contribution in [0, 0.1) is 0 Å². The number of hydrogen-bond acceptors (Lipinski definition) is 2. The van der Waals surface area contributed by atoms with Crippen molar-refractivity contribution in [2.45, 2.75) is 12.5 Å². The molecule has 0 aliphatic carbocycles. The first-order chi connectivity index (χ1) is 6.39. The van der Waals surface area contributed by atoms with E-state index in [2.05, 4.69) is 4.74 Å². The first-order valence-corrected chi connectivity index (χ1v) is 3.56. The number of phenols is 1. The molecule has 1 aromatic rings. The van der Waals surface area contributed by atoms with Gasteiger partial charge in [-0.1, -0.05) is 0 Å². The highest BCUT2D eigenvalue weighted by atomic mass is 19.4. The Morgan fingerprint density at radius 2 is 1.64 bits per heavy atom. The van der Waals surface area contributed by atoms with Crippen molar-refractivity contribution in [2.24, 2.45) is 0 Å². The Hall–Kier alpha value is -1.46. The van der Waals surface area contributed by atoms with E-state index in [1.807, 2.05) is 0 Å². The summed E-state index contributed by atoms with van der Waals surface area (Å²) in [6, 6.07) is 4.26. The van der Waals surface area contributed by atoms with Gasteiger partial charge in [0.2, 0.25) is 0 Å². The van der Waals surface area contributed by atoms with E-state index in [0.29, 0.717) is 0 Å². The van der Waals surface area contributed by atoms with Crippen LogP contribution < -0.4 is 4.74 Å². The van der Waals surface area contributed by atoms with Gasteiger partial charge in [0.05, 0.1) is 0 Å². The van der Waals surface area contributed by atoms with Gasteiger partial charge in [0.1, 0.15) is 11.5 Å². The molecule has 0 saturated heterocycles. The monoisotopic (exact) mass is 210 g/mol. The summed E-state index contributed by atoms with van der Waals surface area (Å²) in [7, 11) is 0. The number of aromatic hydroxyl groups is 1. The molecule has 1 rings (SSSR count). The van der Waals surface area contributed by atoms with Crippen LogP contribution in [-0.4, -0.2) is 17.6 Å². The zero-order valence-electron chi connectivity index (χ0n) is 6.75. The lowest BCUT2D eigenvalue weighted by atomic mass is 10.3. The molecule has 0 spiro atoms. The lowest BCUT2D eigenvalue weighted by Crippen LogP contribution is -2.29. The summed E-state index contributed by atoms with van der Waals surface area (Å²) in [4.78, 5) is 0. The maximum atomic E-state index is 12.3. The summed E-state index contributed by atoms with van der Waals surface area (Å²) in [5, 5.41) is 8.78. The second-order valence-corrected chi connectivity index (χ2v) is 2.47. The molecule has 2 nitrogen and oxygen atoms in total. The van der Waals surface area contributed by atoms with Crippen LogP contribution in [0.4, 0.5) is 17.6 Å². The van der Waals surface area contributed by atoms with Crippen LogP contribution in [0.2, 0.25) is 0 Å². The molecule has 0 radical (unpaired) electrons. The van der Waals surface area contributed by atoms with Crippen molar-refractivity contribution >= 4 is 0 Å². The van der Waals surface area contributed by atoms with Crippen molar-refractivity contribution in [1.82, 2.24) is 0 Å². The van der Waals surface area contributed by atoms with Gasteiger partial charge in [0.25, 0.3) is 0 Å². The topological polar surface area (TPSA) is 29.5 Å². The van der Waals surface area contributed by atoms with E-state index in [9.17, 15) is 17.6 Å². The third-order valence-corrected chi connectivity index (χ3v) is 1.33. The molecular formula is C8H6F4O2. The molecule has 1 aromatic carbocycles. The third kappa shape index (κ3) is 2.79. The summed E-state index contributed by atoms with van der Waals surface area (Å²) in [6.45, 7) is 0. The smallest absolute Gasteiger partial charge is 0.457 e. The molecule has 1 N–H and O–H groups in total. The molecule has 0 bridgehead atoms. The molecule has 6 heteroatoms. The van der Waals surface area contributed by atoms with Gasteiger partial charge in [-0.3, -0.25) is 0 Å². The minimum Gasteiger partial charge on any atom is -0.508 e. The van der Waals surface area contributed by atoms with Gasteiger partial charge >= 0.3 is 12.5 Å². The zero-order valence-corrected chi connectivity index (χ0v) is 6.75.